The van der Waals surface area contributed by atoms with Gasteiger partial charge < -0.3 is 21.3 Å². The van der Waals surface area contributed by atoms with E-state index < -0.39 is 7.92 Å². The van der Waals surface area contributed by atoms with Crippen LogP contribution in [0.5, 0.6) is 0 Å². The van der Waals surface area contributed by atoms with E-state index in [9.17, 15) is 0 Å². The maximum absolute atomic E-state index is 4.11. The SMILES string of the molecule is CC(C)(c1ccccc1)c1cc(CP(C2CNCCN2)C2CNCCN2)c(CP(C23CC4CC(CC(C4)C2)C3)C23CC4CC(CC(C4)C2)C3)cc1C(C)(C)c1ccccc1. The molecule has 0 radical (unpaired) electrons. The third-order valence-corrected chi connectivity index (χ3v) is 25.4. The van der Waals surface area contributed by atoms with Crippen LogP contribution in [-0.4, -0.2) is 61.1 Å². The third kappa shape index (κ3) is 7.44. The zero-order valence-electron chi connectivity index (χ0n) is 37.6. The minimum Gasteiger partial charge on any atom is -0.314 e. The lowest BCUT2D eigenvalue weighted by atomic mass is 9.55. The molecule has 4 N–H and O–H groups in total. The summed E-state index contributed by atoms with van der Waals surface area (Å²) in [6, 6.07) is 28.9. The number of piperazine rings is 2. The predicted molar refractivity (Wildman–Crippen MR) is 256 cm³/mol. The van der Waals surface area contributed by atoms with Crippen molar-refractivity contribution in [3.63, 3.8) is 0 Å². The second kappa shape index (κ2) is 16.1. The van der Waals surface area contributed by atoms with Crippen molar-refractivity contribution >= 4 is 15.8 Å². The van der Waals surface area contributed by atoms with E-state index in [1.165, 1.54) is 23.5 Å². The van der Waals surface area contributed by atoms with Crippen LogP contribution in [0, 0.1) is 35.5 Å². The maximum atomic E-state index is 4.11. The summed E-state index contributed by atoms with van der Waals surface area (Å²) in [7, 11) is -0.581. The molecule has 8 bridgehead atoms. The third-order valence-electron chi connectivity index (χ3n) is 18.4. The average molecular weight is 843 g/mol. The first kappa shape index (κ1) is 41.1. The fourth-order valence-electron chi connectivity index (χ4n) is 16.2. The summed E-state index contributed by atoms with van der Waals surface area (Å²) < 4.78 is 0. The van der Waals surface area contributed by atoms with Gasteiger partial charge in [0.1, 0.15) is 0 Å². The monoisotopic (exact) mass is 843 g/mol. The second-order valence-corrected chi connectivity index (χ2v) is 28.7. The standard InChI is InChI=1S/C54H76N4P2/c1-51(2,45-11-7-5-8-12-45)47-25-43(35-59(49-33-55-15-17-57-49)50-34-56-16-18-58-50)44(26-48(47)52(3,4)46-13-9-6-10-14-46)36-60(53-27-37-19-38(28-53)21-39(20-37)29-53)54-30-40-22-41(31-54)24-42(23-40)32-54/h5-14,25-26,37-42,49-50,55-58H,15-24,27-36H2,1-4H3. The van der Waals surface area contributed by atoms with Gasteiger partial charge in [-0.1, -0.05) is 116 Å². The summed E-state index contributed by atoms with van der Waals surface area (Å²) >= 11 is 0. The Morgan fingerprint density at radius 3 is 1.22 bits per heavy atom. The molecular weight excluding hydrogens is 767 g/mol. The van der Waals surface area contributed by atoms with E-state index in [0.717, 1.165) is 74.8 Å². The van der Waals surface area contributed by atoms with Gasteiger partial charge in [0.2, 0.25) is 0 Å². The molecule has 2 heterocycles. The van der Waals surface area contributed by atoms with Crippen LogP contribution in [-0.2, 0) is 23.2 Å². The Kier molecular flexibility index (Phi) is 11.0. The number of rotatable bonds is 12. The van der Waals surface area contributed by atoms with Crippen LogP contribution in [0.15, 0.2) is 72.8 Å². The van der Waals surface area contributed by atoms with E-state index in [4.69, 9.17) is 0 Å². The van der Waals surface area contributed by atoms with Gasteiger partial charge in [0, 0.05) is 61.7 Å². The van der Waals surface area contributed by atoms with Crippen molar-refractivity contribution in [3.05, 3.63) is 106 Å². The van der Waals surface area contributed by atoms with Crippen LogP contribution >= 0.6 is 15.8 Å². The molecule has 2 saturated heterocycles. The molecule has 8 aliphatic carbocycles. The fraction of sp³-hybridized carbons (Fsp3) is 0.667. The van der Waals surface area contributed by atoms with Gasteiger partial charge in [-0.05, 0) is 169 Å². The average Bonchev–Trinajstić information content (AvgIpc) is 3.25. The highest BCUT2D eigenvalue weighted by atomic mass is 31.1. The van der Waals surface area contributed by atoms with Crippen LogP contribution in [0.3, 0.4) is 0 Å². The Bertz CT molecular complexity index is 1850. The summed E-state index contributed by atoms with van der Waals surface area (Å²) in [6.07, 6.45) is 21.4. The minimum absolute atomic E-state index is 0.130. The van der Waals surface area contributed by atoms with Gasteiger partial charge >= 0.3 is 0 Å². The minimum atomic E-state index is -0.393. The summed E-state index contributed by atoms with van der Waals surface area (Å²) in [4.78, 5) is 0. The molecule has 0 spiro atoms. The first-order valence-corrected chi connectivity index (χ1v) is 28.0. The Morgan fingerprint density at radius 1 is 0.500 bits per heavy atom. The Labute approximate surface area is 366 Å². The summed E-state index contributed by atoms with van der Waals surface area (Å²) in [5, 5.41) is 17.1. The first-order valence-electron chi connectivity index (χ1n) is 24.8. The molecule has 3 aromatic carbocycles. The van der Waals surface area contributed by atoms with E-state index in [1.54, 1.807) is 99.3 Å². The zero-order valence-corrected chi connectivity index (χ0v) is 39.4. The molecule has 10 aliphatic rings. The van der Waals surface area contributed by atoms with E-state index in [-0.39, 0.29) is 18.8 Å². The molecule has 4 nitrogen and oxygen atoms in total. The van der Waals surface area contributed by atoms with E-state index >= 15 is 0 Å². The molecule has 2 unspecified atom stereocenters. The molecule has 60 heavy (non-hydrogen) atoms. The van der Waals surface area contributed by atoms with Crippen molar-refractivity contribution in [2.24, 2.45) is 35.5 Å². The largest absolute Gasteiger partial charge is 0.314 e. The van der Waals surface area contributed by atoms with Crippen molar-refractivity contribution in [1.29, 1.82) is 0 Å². The lowest BCUT2D eigenvalue weighted by molar-refractivity contribution is 0.0184. The van der Waals surface area contributed by atoms with Crippen molar-refractivity contribution in [3.8, 4) is 0 Å². The number of nitrogens with one attached hydrogen (secondary N) is 4. The van der Waals surface area contributed by atoms with Gasteiger partial charge in [0.05, 0.1) is 0 Å². The van der Waals surface area contributed by atoms with Gasteiger partial charge in [0.15, 0.2) is 0 Å². The zero-order chi connectivity index (χ0) is 40.7. The highest BCUT2D eigenvalue weighted by Gasteiger charge is 2.62. The topological polar surface area (TPSA) is 48.1 Å². The lowest BCUT2D eigenvalue weighted by Crippen LogP contribution is -2.56. The highest BCUT2D eigenvalue weighted by molar-refractivity contribution is 7.60. The molecule has 8 saturated carbocycles. The van der Waals surface area contributed by atoms with Gasteiger partial charge in [-0.2, -0.15) is 0 Å². The van der Waals surface area contributed by atoms with Gasteiger partial charge in [0.25, 0.3) is 0 Å². The molecular formula is C54H76N4P2. The quantitative estimate of drug-likeness (QED) is 0.137. The van der Waals surface area contributed by atoms with Crippen molar-refractivity contribution in [2.45, 2.75) is 150 Å². The maximum Gasteiger partial charge on any atom is 0.0413 e. The van der Waals surface area contributed by atoms with E-state index in [0.29, 0.717) is 21.9 Å². The smallest absolute Gasteiger partial charge is 0.0413 e. The van der Waals surface area contributed by atoms with Gasteiger partial charge in [-0.15, -0.1) is 0 Å². The fourth-order valence-corrected chi connectivity index (χ4v) is 24.4. The predicted octanol–water partition coefficient (Wildman–Crippen LogP) is 11.3. The number of hydrogen-bond donors (Lipinski definition) is 4. The lowest BCUT2D eigenvalue weighted by Gasteiger charge is -2.67. The van der Waals surface area contributed by atoms with Crippen LogP contribution < -0.4 is 21.3 Å². The molecule has 2 atom stereocenters. The van der Waals surface area contributed by atoms with E-state index in [2.05, 4.69) is 122 Å². The molecule has 10 fully saturated rings. The molecule has 2 aliphatic heterocycles. The van der Waals surface area contributed by atoms with E-state index in [1.807, 2.05) is 0 Å². The summed E-state index contributed by atoms with van der Waals surface area (Å²) in [5.41, 5.74) is 9.22. The normalized spacial score (nSPS) is 37.0. The molecule has 3 aromatic rings. The molecule has 6 heteroatoms. The second-order valence-electron chi connectivity index (χ2n) is 23.0. The van der Waals surface area contributed by atoms with Crippen molar-refractivity contribution < 1.29 is 0 Å². The highest BCUT2D eigenvalue weighted by Crippen LogP contribution is 2.80. The van der Waals surface area contributed by atoms with Crippen molar-refractivity contribution in [1.82, 2.24) is 21.3 Å². The first-order chi connectivity index (χ1) is 29.1. The van der Waals surface area contributed by atoms with Gasteiger partial charge in [-0.3, -0.25) is 0 Å². The Morgan fingerprint density at radius 2 is 0.867 bits per heavy atom. The summed E-state index contributed by atoms with van der Waals surface area (Å²) in [5.74, 6) is 7.13. The van der Waals surface area contributed by atoms with Crippen LogP contribution in [0.4, 0.5) is 0 Å². The molecule has 0 aromatic heterocycles. The summed E-state index contributed by atoms with van der Waals surface area (Å²) in [6.45, 7) is 16.7. The van der Waals surface area contributed by atoms with Gasteiger partial charge in [-0.25, -0.2) is 0 Å². The number of benzene rings is 3. The van der Waals surface area contributed by atoms with Crippen LogP contribution in [0.25, 0.3) is 0 Å². The molecule has 0 amide bonds. The Balaban J connectivity index is 1.11. The number of hydrogen-bond acceptors (Lipinski definition) is 4. The molecule has 13 rings (SSSR count). The Hall–Kier alpha value is -1.64. The van der Waals surface area contributed by atoms with Crippen molar-refractivity contribution in [2.75, 3.05) is 39.3 Å². The van der Waals surface area contributed by atoms with Crippen LogP contribution in [0.1, 0.15) is 138 Å². The molecule has 322 valence electrons. The van der Waals surface area contributed by atoms with Crippen LogP contribution in [0.2, 0.25) is 0 Å².